The van der Waals surface area contributed by atoms with Crippen molar-refractivity contribution in [2.45, 2.75) is 13.5 Å². The quantitative estimate of drug-likeness (QED) is 0.906. The molecule has 4 nitrogen and oxygen atoms in total. The number of hydrogen-bond acceptors (Lipinski definition) is 3. The number of halogens is 1. The number of pyridine rings is 1. The van der Waals surface area contributed by atoms with Gasteiger partial charge in [-0.25, -0.2) is 0 Å². The lowest BCUT2D eigenvalue weighted by molar-refractivity contribution is 0.0947. The van der Waals surface area contributed by atoms with Crippen LogP contribution in [0.5, 0.6) is 5.75 Å². The highest BCUT2D eigenvalue weighted by Crippen LogP contribution is 2.21. The van der Waals surface area contributed by atoms with Crippen molar-refractivity contribution < 1.29 is 9.90 Å². The molecular formula is C14H13ClN2O2. The molecule has 5 heteroatoms. The summed E-state index contributed by atoms with van der Waals surface area (Å²) < 4.78 is 0. The molecule has 0 aliphatic carbocycles. The fraction of sp³-hybridized carbons (Fsp3) is 0.143. The first kappa shape index (κ1) is 13.4. The van der Waals surface area contributed by atoms with E-state index < -0.39 is 0 Å². The standard InChI is InChI=1S/C14H13ClN2O2/c1-9-3-2-6-16-12(9)8-17-14(19)11-5-4-10(15)7-13(11)18/h2-7,18H,8H2,1H3,(H,17,19). The number of phenols is 1. The minimum absolute atomic E-state index is 0.136. The zero-order chi connectivity index (χ0) is 13.8. The maximum atomic E-state index is 11.9. The average Bonchev–Trinajstić information content (AvgIpc) is 2.37. The van der Waals surface area contributed by atoms with E-state index >= 15 is 0 Å². The van der Waals surface area contributed by atoms with E-state index in [1.54, 1.807) is 12.3 Å². The molecule has 2 rings (SSSR count). The molecule has 0 atom stereocenters. The minimum Gasteiger partial charge on any atom is -0.507 e. The fourth-order valence-corrected chi connectivity index (χ4v) is 1.83. The van der Waals surface area contributed by atoms with Gasteiger partial charge in [-0.3, -0.25) is 9.78 Å². The van der Waals surface area contributed by atoms with E-state index in [4.69, 9.17) is 11.6 Å². The molecule has 0 saturated carbocycles. The van der Waals surface area contributed by atoms with Crippen molar-refractivity contribution in [1.29, 1.82) is 0 Å². The molecule has 0 spiro atoms. The monoisotopic (exact) mass is 276 g/mol. The van der Waals surface area contributed by atoms with Crippen LogP contribution in [0.25, 0.3) is 0 Å². The van der Waals surface area contributed by atoms with Gasteiger partial charge in [-0.2, -0.15) is 0 Å². The zero-order valence-electron chi connectivity index (χ0n) is 10.4. The smallest absolute Gasteiger partial charge is 0.255 e. The highest BCUT2D eigenvalue weighted by Gasteiger charge is 2.11. The number of nitrogens with one attached hydrogen (secondary N) is 1. The number of benzene rings is 1. The van der Waals surface area contributed by atoms with Crippen LogP contribution >= 0.6 is 11.6 Å². The summed E-state index contributed by atoms with van der Waals surface area (Å²) in [6.45, 7) is 2.24. The van der Waals surface area contributed by atoms with Gasteiger partial charge in [-0.1, -0.05) is 17.7 Å². The third kappa shape index (κ3) is 3.23. The second kappa shape index (κ2) is 5.71. The summed E-state index contributed by atoms with van der Waals surface area (Å²) in [7, 11) is 0. The van der Waals surface area contributed by atoms with E-state index in [0.717, 1.165) is 11.3 Å². The van der Waals surface area contributed by atoms with Gasteiger partial charge < -0.3 is 10.4 Å². The Morgan fingerprint density at radius 3 is 2.89 bits per heavy atom. The molecule has 0 bridgehead atoms. The van der Waals surface area contributed by atoms with E-state index in [1.165, 1.54) is 12.1 Å². The molecule has 98 valence electrons. The molecule has 2 N–H and O–H groups in total. The van der Waals surface area contributed by atoms with Crippen molar-refractivity contribution in [2.24, 2.45) is 0 Å². The number of nitrogens with zero attached hydrogens (tertiary/aromatic N) is 1. The lowest BCUT2D eigenvalue weighted by atomic mass is 10.1. The predicted molar refractivity (Wildman–Crippen MR) is 73.3 cm³/mol. The number of carbonyl (C=O) groups is 1. The number of aromatic nitrogens is 1. The van der Waals surface area contributed by atoms with Crippen molar-refractivity contribution in [3.8, 4) is 5.75 Å². The Kier molecular flexibility index (Phi) is 4.02. The molecule has 1 aromatic heterocycles. The van der Waals surface area contributed by atoms with Crippen LogP contribution in [0.2, 0.25) is 5.02 Å². The van der Waals surface area contributed by atoms with Crippen LogP contribution in [0, 0.1) is 6.92 Å². The fourth-order valence-electron chi connectivity index (χ4n) is 1.66. The summed E-state index contributed by atoms with van der Waals surface area (Å²) in [4.78, 5) is 16.1. The van der Waals surface area contributed by atoms with E-state index in [0.29, 0.717) is 11.6 Å². The Hall–Kier alpha value is -2.07. The van der Waals surface area contributed by atoms with E-state index in [2.05, 4.69) is 10.3 Å². The van der Waals surface area contributed by atoms with Crippen molar-refractivity contribution in [3.63, 3.8) is 0 Å². The van der Waals surface area contributed by atoms with Crippen LogP contribution in [0.4, 0.5) is 0 Å². The maximum Gasteiger partial charge on any atom is 0.255 e. The number of rotatable bonds is 3. The molecule has 1 aromatic carbocycles. The minimum atomic E-state index is -0.362. The molecular weight excluding hydrogens is 264 g/mol. The predicted octanol–water partition coefficient (Wildman–Crippen LogP) is 2.68. The number of aromatic hydroxyl groups is 1. The Morgan fingerprint density at radius 1 is 1.42 bits per heavy atom. The highest BCUT2D eigenvalue weighted by atomic mass is 35.5. The third-order valence-corrected chi connectivity index (χ3v) is 2.97. The Labute approximate surface area is 116 Å². The first-order chi connectivity index (χ1) is 9.08. The first-order valence-electron chi connectivity index (χ1n) is 5.75. The van der Waals surface area contributed by atoms with Gasteiger partial charge in [0.1, 0.15) is 5.75 Å². The zero-order valence-corrected chi connectivity index (χ0v) is 11.1. The van der Waals surface area contributed by atoms with Crippen molar-refractivity contribution in [3.05, 3.63) is 58.4 Å². The SMILES string of the molecule is Cc1cccnc1CNC(=O)c1ccc(Cl)cc1O. The van der Waals surface area contributed by atoms with Crippen LogP contribution in [0.1, 0.15) is 21.6 Å². The lowest BCUT2D eigenvalue weighted by Gasteiger charge is -2.08. The average molecular weight is 277 g/mol. The first-order valence-corrected chi connectivity index (χ1v) is 6.13. The third-order valence-electron chi connectivity index (χ3n) is 2.74. The molecule has 1 amide bonds. The van der Waals surface area contributed by atoms with Gasteiger partial charge in [0.15, 0.2) is 0 Å². The second-order valence-electron chi connectivity index (χ2n) is 4.11. The number of phenolic OH excluding ortho intramolecular Hbond substituents is 1. The van der Waals surface area contributed by atoms with Gasteiger partial charge in [-0.05, 0) is 36.8 Å². The number of amides is 1. The van der Waals surface area contributed by atoms with Crippen molar-refractivity contribution in [2.75, 3.05) is 0 Å². The molecule has 2 aromatic rings. The van der Waals surface area contributed by atoms with E-state index in [1.807, 2.05) is 19.1 Å². The van der Waals surface area contributed by atoms with Crippen LogP contribution in [-0.2, 0) is 6.54 Å². The van der Waals surface area contributed by atoms with E-state index in [-0.39, 0.29) is 17.2 Å². The van der Waals surface area contributed by atoms with Crippen LogP contribution < -0.4 is 5.32 Å². The largest absolute Gasteiger partial charge is 0.507 e. The molecule has 0 radical (unpaired) electrons. The summed E-state index contributed by atoms with van der Waals surface area (Å²) in [6, 6.07) is 8.14. The number of aryl methyl sites for hydroxylation is 1. The van der Waals surface area contributed by atoms with E-state index in [9.17, 15) is 9.90 Å². The molecule has 19 heavy (non-hydrogen) atoms. The van der Waals surface area contributed by atoms with Gasteiger partial charge in [0.05, 0.1) is 17.8 Å². The van der Waals surface area contributed by atoms with Crippen LogP contribution in [0.3, 0.4) is 0 Å². The van der Waals surface area contributed by atoms with Gasteiger partial charge in [0, 0.05) is 11.2 Å². The Morgan fingerprint density at radius 2 is 2.21 bits per heavy atom. The Bertz CT molecular complexity index is 614. The van der Waals surface area contributed by atoms with Crippen molar-refractivity contribution in [1.82, 2.24) is 10.3 Å². The summed E-state index contributed by atoms with van der Waals surface area (Å²) in [5.41, 5.74) is 1.99. The maximum absolute atomic E-state index is 11.9. The normalized spacial score (nSPS) is 10.2. The molecule has 0 aliphatic heterocycles. The molecule has 1 heterocycles. The Balaban J connectivity index is 2.08. The highest BCUT2D eigenvalue weighted by molar-refractivity contribution is 6.30. The van der Waals surface area contributed by atoms with Crippen LogP contribution in [0.15, 0.2) is 36.5 Å². The molecule has 0 unspecified atom stereocenters. The lowest BCUT2D eigenvalue weighted by Crippen LogP contribution is -2.23. The summed E-state index contributed by atoms with van der Waals surface area (Å²) in [5, 5.41) is 12.7. The van der Waals surface area contributed by atoms with Crippen molar-refractivity contribution >= 4 is 17.5 Å². The second-order valence-corrected chi connectivity index (χ2v) is 4.55. The van der Waals surface area contributed by atoms with Gasteiger partial charge in [0.25, 0.3) is 5.91 Å². The molecule has 0 saturated heterocycles. The van der Waals surface area contributed by atoms with Gasteiger partial charge in [0.2, 0.25) is 0 Å². The van der Waals surface area contributed by atoms with Gasteiger partial charge >= 0.3 is 0 Å². The summed E-state index contributed by atoms with van der Waals surface area (Å²) >= 11 is 5.71. The number of hydrogen-bond donors (Lipinski definition) is 2. The number of carbonyl (C=O) groups excluding carboxylic acids is 1. The summed E-state index contributed by atoms with van der Waals surface area (Å²) in [5.74, 6) is -0.498. The van der Waals surface area contributed by atoms with Crippen LogP contribution in [-0.4, -0.2) is 16.0 Å². The molecule has 0 aliphatic rings. The molecule has 0 fully saturated rings. The summed E-state index contributed by atoms with van der Waals surface area (Å²) in [6.07, 6.45) is 1.67. The topological polar surface area (TPSA) is 62.2 Å². The van der Waals surface area contributed by atoms with Gasteiger partial charge in [-0.15, -0.1) is 0 Å².